The minimum atomic E-state index is -4.50. The fourth-order valence-electron chi connectivity index (χ4n) is 1.76. The molecule has 0 heterocycles. The topological polar surface area (TPSA) is 90.4 Å². The zero-order valence-corrected chi connectivity index (χ0v) is 13.1. The third-order valence-electron chi connectivity index (χ3n) is 2.77. The van der Waals surface area contributed by atoms with Crippen LogP contribution in [0.1, 0.15) is 0 Å². The van der Waals surface area contributed by atoms with Crippen molar-refractivity contribution in [2.75, 3.05) is 12.0 Å². The first-order valence-corrected chi connectivity index (χ1v) is 7.11. The molecule has 132 valence electrons. The second kappa shape index (κ2) is 8.40. The highest BCUT2D eigenvalue weighted by Crippen LogP contribution is 2.30. The monoisotopic (exact) mass is 360 g/mol. The number of alkyl halides is 3. The summed E-state index contributed by atoms with van der Waals surface area (Å²) < 4.78 is 47.4. The van der Waals surface area contributed by atoms with Crippen molar-refractivity contribution >= 4 is 11.4 Å². The van der Waals surface area contributed by atoms with Crippen molar-refractivity contribution in [3.8, 4) is 29.4 Å². The van der Waals surface area contributed by atoms with E-state index in [0.717, 1.165) is 0 Å². The van der Waals surface area contributed by atoms with Crippen LogP contribution in [0.2, 0.25) is 0 Å². The Kier molecular flexibility index (Phi) is 6.01. The molecule has 0 saturated heterocycles. The molecule has 2 rings (SSSR count). The molecule has 2 aromatic rings. The highest BCUT2D eigenvalue weighted by molar-refractivity contribution is 6.10. The molecule has 0 atom stereocenters. The minimum absolute atomic E-state index is 0.121. The van der Waals surface area contributed by atoms with Crippen LogP contribution in [-0.2, 0) is 0 Å². The van der Waals surface area contributed by atoms with E-state index in [0.29, 0.717) is 5.75 Å². The summed E-state index contributed by atoms with van der Waals surface area (Å²) in [5.41, 5.74) is 2.14. The number of rotatable bonds is 6. The van der Waals surface area contributed by atoms with E-state index in [9.17, 15) is 13.2 Å². The first kappa shape index (κ1) is 18.6. The van der Waals surface area contributed by atoms with Crippen LogP contribution in [-0.4, -0.2) is 18.5 Å². The summed E-state index contributed by atoms with van der Waals surface area (Å²) in [5, 5.41) is 20.9. The van der Waals surface area contributed by atoms with Crippen molar-refractivity contribution in [1.29, 1.82) is 10.5 Å². The molecule has 0 spiro atoms. The number of hydrazone groups is 1. The van der Waals surface area contributed by atoms with Gasteiger partial charge in [-0.3, -0.25) is 5.43 Å². The number of hydrogen-bond acceptors (Lipinski definition) is 6. The number of nitrogens with one attached hydrogen (secondary N) is 1. The molecule has 26 heavy (non-hydrogen) atoms. The quantitative estimate of drug-likeness (QED) is 0.615. The van der Waals surface area contributed by atoms with Crippen molar-refractivity contribution in [1.82, 2.24) is 0 Å². The molecule has 0 unspecified atom stereocenters. The third-order valence-corrected chi connectivity index (χ3v) is 2.77. The van der Waals surface area contributed by atoms with Crippen LogP contribution in [0, 0.1) is 22.7 Å². The molecule has 0 aliphatic carbocycles. The van der Waals surface area contributed by atoms with Crippen LogP contribution in [0.25, 0.3) is 0 Å². The van der Waals surface area contributed by atoms with Crippen molar-refractivity contribution in [2.24, 2.45) is 5.10 Å². The normalized spacial score (nSPS) is 10.2. The summed E-state index contributed by atoms with van der Waals surface area (Å²) in [6, 6.07) is 15.6. The maximum Gasteiger partial charge on any atom is 0.422 e. The Balaban J connectivity index is 2.28. The number of nitriles is 2. The molecule has 0 amide bonds. The zero-order valence-electron chi connectivity index (χ0n) is 13.1. The molecular formula is C17H11F3N4O2. The van der Waals surface area contributed by atoms with Crippen LogP contribution in [0.3, 0.4) is 0 Å². The standard InChI is InChI=1S/C17H11F3N4O2/c18-17(19,20)11-25-15-6-12(23-24-13(9-21)10-22)7-16(8-15)26-14-4-2-1-3-5-14/h1-8,23H,11H2. The van der Waals surface area contributed by atoms with E-state index in [-0.39, 0.29) is 17.2 Å². The Morgan fingerprint density at radius 3 is 2.27 bits per heavy atom. The van der Waals surface area contributed by atoms with Gasteiger partial charge in [0.05, 0.1) is 5.69 Å². The Morgan fingerprint density at radius 1 is 1.00 bits per heavy atom. The number of ether oxygens (including phenoxy) is 2. The van der Waals surface area contributed by atoms with Gasteiger partial charge in [-0.15, -0.1) is 0 Å². The minimum Gasteiger partial charge on any atom is -0.484 e. The van der Waals surface area contributed by atoms with E-state index in [1.54, 1.807) is 42.5 Å². The predicted octanol–water partition coefficient (Wildman–Crippen LogP) is 4.24. The van der Waals surface area contributed by atoms with Crippen LogP contribution >= 0.6 is 0 Å². The number of nitrogens with zero attached hydrogens (tertiary/aromatic N) is 3. The fourth-order valence-corrected chi connectivity index (χ4v) is 1.76. The Morgan fingerprint density at radius 2 is 1.65 bits per heavy atom. The SMILES string of the molecule is N#CC(C#N)=NNc1cc(OCC(F)(F)F)cc(Oc2ccccc2)c1. The van der Waals surface area contributed by atoms with Gasteiger partial charge in [-0.2, -0.15) is 28.8 Å². The number of para-hydroxylation sites is 1. The van der Waals surface area contributed by atoms with Crippen LogP contribution in [0.5, 0.6) is 17.2 Å². The maximum absolute atomic E-state index is 12.4. The second-order valence-electron chi connectivity index (χ2n) is 4.81. The Hall–Kier alpha value is -3.72. The highest BCUT2D eigenvalue weighted by atomic mass is 19.4. The molecule has 0 aliphatic rings. The first-order valence-electron chi connectivity index (χ1n) is 7.11. The fraction of sp³-hybridized carbons (Fsp3) is 0.118. The van der Waals surface area contributed by atoms with E-state index < -0.39 is 18.5 Å². The molecule has 0 bridgehead atoms. The molecule has 0 aromatic heterocycles. The predicted molar refractivity (Wildman–Crippen MR) is 86.8 cm³/mol. The van der Waals surface area contributed by atoms with Gasteiger partial charge in [0.15, 0.2) is 6.61 Å². The molecule has 0 aliphatic heterocycles. The molecule has 0 saturated carbocycles. The lowest BCUT2D eigenvalue weighted by Gasteiger charge is -2.13. The second-order valence-corrected chi connectivity index (χ2v) is 4.81. The van der Waals surface area contributed by atoms with Gasteiger partial charge in [-0.25, -0.2) is 0 Å². The van der Waals surface area contributed by atoms with Crippen LogP contribution in [0.15, 0.2) is 53.6 Å². The summed E-state index contributed by atoms with van der Waals surface area (Å²) in [4.78, 5) is 0. The molecule has 9 heteroatoms. The largest absolute Gasteiger partial charge is 0.484 e. The molecule has 1 N–H and O–H groups in total. The van der Waals surface area contributed by atoms with Gasteiger partial charge in [0, 0.05) is 18.2 Å². The van der Waals surface area contributed by atoms with Gasteiger partial charge in [-0.05, 0) is 12.1 Å². The van der Waals surface area contributed by atoms with E-state index in [1.807, 2.05) is 0 Å². The lowest BCUT2D eigenvalue weighted by molar-refractivity contribution is -0.153. The lowest BCUT2D eigenvalue weighted by Crippen LogP contribution is -2.19. The zero-order chi connectivity index (χ0) is 19.0. The Bertz CT molecular complexity index is 852. The number of benzene rings is 2. The van der Waals surface area contributed by atoms with Crippen molar-refractivity contribution in [3.05, 3.63) is 48.5 Å². The van der Waals surface area contributed by atoms with Gasteiger partial charge in [0.25, 0.3) is 0 Å². The van der Waals surface area contributed by atoms with E-state index in [2.05, 4.69) is 10.5 Å². The number of anilines is 1. The summed E-state index contributed by atoms with van der Waals surface area (Å²) in [7, 11) is 0. The molecule has 6 nitrogen and oxygen atoms in total. The number of halogens is 3. The first-order chi connectivity index (χ1) is 12.4. The summed E-state index contributed by atoms with van der Waals surface area (Å²) in [5.74, 6) is 0.526. The Labute approximate surface area is 146 Å². The van der Waals surface area contributed by atoms with E-state index >= 15 is 0 Å². The summed E-state index contributed by atoms with van der Waals surface area (Å²) in [6.07, 6.45) is -4.50. The average molecular weight is 360 g/mol. The van der Waals surface area contributed by atoms with Crippen molar-refractivity contribution < 1.29 is 22.6 Å². The maximum atomic E-state index is 12.4. The molecule has 0 radical (unpaired) electrons. The number of hydrogen-bond donors (Lipinski definition) is 1. The molecule has 2 aromatic carbocycles. The van der Waals surface area contributed by atoms with Crippen LogP contribution in [0.4, 0.5) is 18.9 Å². The van der Waals surface area contributed by atoms with Crippen LogP contribution < -0.4 is 14.9 Å². The lowest BCUT2D eigenvalue weighted by atomic mass is 10.2. The summed E-state index contributed by atoms with van der Waals surface area (Å²) in [6.45, 7) is -1.48. The van der Waals surface area contributed by atoms with Gasteiger partial charge in [0.2, 0.25) is 5.71 Å². The van der Waals surface area contributed by atoms with Gasteiger partial charge in [-0.1, -0.05) is 18.2 Å². The molecule has 0 fully saturated rings. The highest BCUT2D eigenvalue weighted by Gasteiger charge is 2.28. The third kappa shape index (κ3) is 6.06. The smallest absolute Gasteiger partial charge is 0.422 e. The molecular weight excluding hydrogens is 349 g/mol. The van der Waals surface area contributed by atoms with E-state index in [4.69, 9.17) is 20.0 Å². The van der Waals surface area contributed by atoms with Crippen molar-refractivity contribution in [3.63, 3.8) is 0 Å². The van der Waals surface area contributed by atoms with Crippen molar-refractivity contribution in [2.45, 2.75) is 6.18 Å². The summed E-state index contributed by atoms with van der Waals surface area (Å²) >= 11 is 0. The van der Waals surface area contributed by atoms with Gasteiger partial charge < -0.3 is 9.47 Å². The van der Waals surface area contributed by atoms with E-state index in [1.165, 1.54) is 18.2 Å². The van der Waals surface area contributed by atoms with Gasteiger partial charge in [0.1, 0.15) is 29.4 Å². The van der Waals surface area contributed by atoms with Gasteiger partial charge >= 0.3 is 6.18 Å². The average Bonchev–Trinajstić information content (AvgIpc) is 2.61.